The van der Waals surface area contributed by atoms with Gasteiger partial charge in [-0.1, -0.05) is 24.3 Å². The Hall–Kier alpha value is -2.66. The van der Waals surface area contributed by atoms with E-state index < -0.39 is 6.10 Å². The number of nitrogens with one attached hydrogen (secondary N) is 2. The Morgan fingerprint density at radius 3 is 2.44 bits per heavy atom. The van der Waals surface area contributed by atoms with E-state index in [0.29, 0.717) is 17.9 Å². The van der Waals surface area contributed by atoms with Crippen LogP contribution >= 0.6 is 0 Å². The van der Waals surface area contributed by atoms with Crippen molar-refractivity contribution in [1.82, 2.24) is 0 Å². The Labute approximate surface area is 147 Å². The van der Waals surface area contributed by atoms with Crippen LogP contribution in [-0.4, -0.2) is 24.5 Å². The number of aryl methyl sites for hydroxylation is 2. The van der Waals surface area contributed by atoms with Gasteiger partial charge in [0.25, 0.3) is 11.8 Å². The molecule has 1 unspecified atom stereocenters. The number of anilines is 2. The number of benzene rings is 2. The Morgan fingerprint density at radius 1 is 1.04 bits per heavy atom. The number of carbonyl (C=O) groups is 2. The molecule has 0 saturated carbocycles. The highest BCUT2D eigenvalue weighted by Crippen LogP contribution is 2.21. The van der Waals surface area contributed by atoms with Gasteiger partial charge in [0, 0.05) is 23.5 Å². The Balaban J connectivity index is 1.72. The molecule has 3 rings (SSSR count). The number of hydrogen-bond donors (Lipinski definition) is 2. The van der Waals surface area contributed by atoms with Gasteiger partial charge in [0.15, 0.2) is 0 Å². The van der Waals surface area contributed by atoms with E-state index in [1.807, 2.05) is 32.0 Å². The van der Waals surface area contributed by atoms with E-state index in [2.05, 4.69) is 10.6 Å². The third-order valence-corrected chi connectivity index (χ3v) is 4.33. The van der Waals surface area contributed by atoms with Gasteiger partial charge in [-0.05, 0) is 56.0 Å². The van der Waals surface area contributed by atoms with Crippen LogP contribution in [0.5, 0.6) is 0 Å². The Kier molecular flexibility index (Phi) is 5.14. The zero-order valence-electron chi connectivity index (χ0n) is 14.5. The average molecular weight is 338 g/mol. The van der Waals surface area contributed by atoms with Crippen molar-refractivity contribution in [3.63, 3.8) is 0 Å². The monoisotopic (exact) mass is 338 g/mol. The normalized spacial score (nSPS) is 16.5. The van der Waals surface area contributed by atoms with Crippen LogP contribution < -0.4 is 10.6 Å². The molecule has 1 saturated heterocycles. The molecule has 5 nitrogen and oxygen atoms in total. The number of amides is 2. The molecule has 0 radical (unpaired) electrons. The smallest absolute Gasteiger partial charge is 0.255 e. The molecule has 2 N–H and O–H groups in total. The van der Waals surface area contributed by atoms with Crippen LogP contribution in [0, 0.1) is 13.8 Å². The van der Waals surface area contributed by atoms with E-state index >= 15 is 0 Å². The number of para-hydroxylation sites is 1. The summed E-state index contributed by atoms with van der Waals surface area (Å²) in [5, 5.41) is 5.78. The van der Waals surface area contributed by atoms with Crippen LogP contribution in [0.15, 0.2) is 42.5 Å². The van der Waals surface area contributed by atoms with Crippen molar-refractivity contribution in [2.24, 2.45) is 0 Å². The summed E-state index contributed by atoms with van der Waals surface area (Å²) in [4.78, 5) is 24.7. The minimum absolute atomic E-state index is 0.162. The van der Waals surface area contributed by atoms with Gasteiger partial charge in [-0.15, -0.1) is 0 Å². The molecule has 1 fully saturated rings. The maximum Gasteiger partial charge on any atom is 0.255 e. The first-order valence-electron chi connectivity index (χ1n) is 8.44. The van der Waals surface area contributed by atoms with Crippen LogP contribution in [0.2, 0.25) is 0 Å². The van der Waals surface area contributed by atoms with Crippen molar-refractivity contribution in [1.29, 1.82) is 0 Å². The standard InChI is InChI=1S/C20H22N2O3/c1-13-6-3-7-14(2)18(13)22-19(23)15-8-4-9-16(12-15)21-20(24)17-10-5-11-25-17/h3-4,6-9,12,17H,5,10-11H2,1-2H3,(H,21,24)(H,22,23). The molecule has 0 aromatic heterocycles. The predicted octanol–water partition coefficient (Wildman–Crippen LogP) is 3.67. The van der Waals surface area contributed by atoms with Gasteiger partial charge in [-0.25, -0.2) is 0 Å². The van der Waals surface area contributed by atoms with E-state index in [1.165, 1.54) is 0 Å². The first kappa shape index (κ1) is 17.2. The number of hydrogen-bond acceptors (Lipinski definition) is 3. The summed E-state index contributed by atoms with van der Waals surface area (Å²) in [6.07, 6.45) is 1.24. The van der Waals surface area contributed by atoms with Gasteiger partial charge in [-0.3, -0.25) is 9.59 Å². The fourth-order valence-corrected chi connectivity index (χ4v) is 2.94. The lowest BCUT2D eigenvalue weighted by Gasteiger charge is -2.13. The van der Waals surface area contributed by atoms with Crippen LogP contribution in [0.4, 0.5) is 11.4 Å². The van der Waals surface area contributed by atoms with E-state index in [0.717, 1.165) is 29.7 Å². The molecule has 1 heterocycles. The van der Waals surface area contributed by atoms with Crippen molar-refractivity contribution in [2.45, 2.75) is 32.8 Å². The van der Waals surface area contributed by atoms with Crippen molar-refractivity contribution in [2.75, 3.05) is 17.2 Å². The average Bonchev–Trinajstić information content (AvgIpc) is 3.13. The number of rotatable bonds is 4. The second-order valence-corrected chi connectivity index (χ2v) is 6.29. The summed E-state index contributed by atoms with van der Waals surface area (Å²) in [5.74, 6) is -0.365. The van der Waals surface area contributed by atoms with Gasteiger partial charge in [0.05, 0.1) is 0 Å². The van der Waals surface area contributed by atoms with E-state index in [4.69, 9.17) is 4.74 Å². The van der Waals surface area contributed by atoms with Gasteiger partial charge in [0.2, 0.25) is 0 Å². The lowest BCUT2D eigenvalue weighted by molar-refractivity contribution is -0.124. The fourth-order valence-electron chi connectivity index (χ4n) is 2.94. The largest absolute Gasteiger partial charge is 0.368 e. The lowest BCUT2D eigenvalue weighted by atomic mass is 10.1. The molecule has 5 heteroatoms. The molecule has 0 bridgehead atoms. The summed E-state index contributed by atoms with van der Waals surface area (Å²) in [6.45, 7) is 4.54. The van der Waals surface area contributed by atoms with Crippen LogP contribution in [0.1, 0.15) is 34.3 Å². The summed E-state index contributed by atoms with van der Waals surface area (Å²) >= 11 is 0. The summed E-state index contributed by atoms with van der Waals surface area (Å²) in [5.41, 5.74) is 3.93. The molecular weight excluding hydrogens is 316 g/mol. The van der Waals surface area contributed by atoms with Gasteiger partial charge in [-0.2, -0.15) is 0 Å². The molecule has 2 aromatic rings. The summed E-state index contributed by atoms with van der Waals surface area (Å²) in [6, 6.07) is 12.8. The molecule has 2 aromatic carbocycles. The fraction of sp³-hybridized carbons (Fsp3) is 0.300. The van der Waals surface area contributed by atoms with E-state index in [-0.39, 0.29) is 11.8 Å². The molecule has 2 amide bonds. The SMILES string of the molecule is Cc1cccc(C)c1NC(=O)c1cccc(NC(=O)C2CCCO2)c1. The predicted molar refractivity (Wildman–Crippen MR) is 97.9 cm³/mol. The molecule has 1 atom stereocenters. The van der Waals surface area contributed by atoms with Crippen molar-refractivity contribution in [3.05, 3.63) is 59.2 Å². The second kappa shape index (κ2) is 7.49. The topological polar surface area (TPSA) is 67.4 Å². The number of carbonyl (C=O) groups excluding carboxylic acids is 2. The van der Waals surface area contributed by atoms with Crippen molar-refractivity contribution < 1.29 is 14.3 Å². The Bertz CT molecular complexity index is 775. The van der Waals surface area contributed by atoms with Gasteiger partial charge in [0.1, 0.15) is 6.10 Å². The summed E-state index contributed by atoms with van der Waals surface area (Å²) < 4.78 is 5.38. The molecule has 0 aliphatic carbocycles. The zero-order valence-corrected chi connectivity index (χ0v) is 14.5. The highest BCUT2D eigenvalue weighted by Gasteiger charge is 2.23. The molecule has 1 aliphatic heterocycles. The minimum Gasteiger partial charge on any atom is -0.368 e. The van der Waals surface area contributed by atoms with Crippen LogP contribution in [0.3, 0.4) is 0 Å². The Morgan fingerprint density at radius 2 is 1.76 bits per heavy atom. The summed E-state index contributed by atoms with van der Waals surface area (Å²) in [7, 11) is 0. The second-order valence-electron chi connectivity index (χ2n) is 6.29. The number of ether oxygens (including phenoxy) is 1. The lowest BCUT2D eigenvalue weighted by Crippen LogP contribution is -2.27. The highest BCUT2D eigenvalue weighted by molar-refractivity contribution is 6.06. The third-order valence-electron chi connectivity index (χ3n) is 4.33. The maximum absolute atomic E-state index is 12.6. The highest BCUT2D eigenvalue weighted by atomic mass is 16.5. The molecule has 0 spiro atoms. The van der Waals surface area contributed by atoms with Crippen molar-refractivity contribution in [3.8, 4) is 0 Å². The first-order chi connectivity index (χ1) is 12.0. The third kappa shape index (κ3) is 4.06. The zero-order chi connectivity index (χ0) is 17.8. The molecule has 1 aliphatic rings. The van der Waals surface area contributed by atoms with Crippen LogP contribution in [-0.2, 0) is 9.53 Å². The molecule has 130 valence electrons. The van der Waals surface area contributed by atoms with Crippen LogP contribution in [0.25, 0.3) is 0 Å². The maximum atomic E-state index is 12.6. The molecule has 25 heavy (non-hydrogen) atoms. The quantitative estimate of drug-likeness (QED) is 0.894. The van der Waals surface area contributed by atoms with E-state index in [9.17, 15) is 9.59 Å². The van der Waals surface area contributed by atoms with Gasteiger partial charge < -0.3 is 15.4 Å². The van der Waals surface area contributed by atoms with Gasteiger partial charge >= 0.3 is 0 Å². The minimum atomic E-state index is -0.396. The van der Waals surface area contributed by atoms with Crippen molar-refractivity contribution >= 4 is 23.2 Å². The molecular formula is C20H22N2O3. The van der Waals surface area contributed by atoms with E-state index in [1.54, 1.807) is 24.3 Å². The first-order valence-corrected chi connectivity index (χ1v) is 8.44.